The van der Waals surface area contributed by atoms with E-state index in [0.717, 1.165) is 13.0 Å². The Balaban J connectivity index is 0.000000157. The number of aliphatic imine (C=N–C) groups is 1. The van der Waals surface area contributed by atoms with Gasteiger partial charge in [-0.1, -0.05) is 78.9 Å². The van der Waals surface area contributed by atoms with Crippen molar-refractivity contribution in [1.82, 2.24) is 0 Å². The molecule has 3 aromatic rings. The Hall–Kier alpha value is -2.90. The van der Waals surface area contributed by atoms with E-state index < -0.39 is 0 Å². The van der Waals surface area contributed by atoms with Crippen LogP contribution in [0.1, 0.15) is 35.1 Å². The van der Waals surface area contributed by atoms with Crippen LogP contribution in [-0.2, 0) is 19.4 Å². The number of rotatable bonds is 0. The average molecular weight is 412 g/mol. The lowest BCUT2D eigenvalue weighted by molar-refractivity contribution is 0.824. The van der Waals surface area contributed by atoms with Crippen molar-refractivity contribution in [2.24, 2.45) is 4.99 Å². The smallest absolute Gasteiger partial charge is 0.0645 e. The van der Waals surface area contributed by atoms with E-state index in [4.69, 9.17) is 0 Å². The third-order valence-corrected chi connectivity index (χ3v) is 6.02. The van der Waals surface area contributed by atoms with Crippen molar-refractivity contribution < 1.29 is 0 Å². The van der Waals surface area contributed by atoms with Crippen LogP contribution in [0, 0.1) is 10.4 Å². The molecule has 0 spiro atoms. The van der Waals surface area contributed by atoms with Crippen LogP contribution in [-0.4, -0.2) is 6.21 Å². The second-order valence-corrected chi connectivity index (χ2v) is 7.80. The van der Waals surface area contributed by atoms with Crippen molar-refractivity contribution in [3.8, 4) is 0 Å². The second kappa shape index (κ2) is 9.28. The number of benzene rings is 3. The van der Waals surface area contributed by atoms with Gasteiger partial charge in [-0.15, -0.1) is 12.4 Å². The van der Waals surface area contributed by atoms with Gasteiger partial charge in [-0.05, 0) is 74.9 Å². The summed E-state index contributed by atoms with van der Waals surface area (Å²) in [6.45, 7) is 0.809. The van der Waals surface area contributed by atoms with Crippen LogP contribution in [0.25, 0.3) is 18.2 Å². The zero-order valence-corrected chi connectivity index (χ0v) is 17.9. The van der Waals surface area contributed by atoms with Crippen LogP contribution >= 0.6 is 12.4 Å². The van der Waals surface area contributed by atoms with Gasteiger partial charge in [-0.25, -0.2) is 0 Å². The topological polar surface area (TPSA) is 12.4 Å². The van der Waals surface area contributed by atoms with Crippen molar-refractivity contribution in [3.63, 3.8) is 0 Å². The first-order valence-corrected chi connectivity index (χ1v) is 10.5. The molecule has 0 N–H and O–H groups in total. The van der Waals surface area contributed by atoms with E-state index in [0.29, 0.717) is 0 Å². The third kappa shape index (κ3) is 4.04. The SMILES string of the molecule is C1=Cc2ccccc2CN=C1.C1=c2ccc3c(c2CCC1)CC=c1ccccc1=3.Cl. The third-order valence-electron chi connectivity index (χ3n) is 6.02. The Morgan fingerprint density at radius 3 is 2.57 bits per heavy atom. The lowest BCUT2D eigenvalue weighted by Crippen LogP contribution is -2.19. The molecule has 3 aliphatic rings. The van der Waals surface area contributed by atoms with E-state index >= 15 is 0 Å². The van der Waals surface area contributed by atoms with Gasteiger partial charge >= 0.3 is 0 Å². The van der Waals surface area contributed by atoms with E-state index in [9.17, 15) is 0 Å². The van der Waals surface area contributed by atoms with E-state index in [1.807, 2.05) is 18.4 Å². The van der Waals surface area contributed by atoms with Gasteiger partial charge in [0.25, 0.3) is 0 Å². The van der Waals surface area contributed by atoms with E-state index in [2.05, 4.69) is 77.8 Å². The maximum Gasteiger partial charge on any atom is 0.0645 e. The van der Waals surface area contributed by atoms with Gasteiger partial charge in [0.1, 0.15) is 0 Å². The molecule has 30 heavy (non-hydrogen) atoms. The standard InChI is InChI=1S/C18H16.C10H9N.ClH/c1-3-7-15-13(5-1)9-11-18-16-8-4-2-6-14(16)10-12-17(15)18;1-2-5-10-8-11-7-3-6-9(10)4-1;/h1,3,5-7,9-10,12H,2,4,8,11H2;1-7H,8H2;1H. The highest BCUT2D eigenvalue weighted by molar-refractivity contribution is 5.85. The number of fused-ring (bicyclic) bond motifs is 5. The molecular formula is C28H26ClN. The molecule has 0 unspecified atom stereocenters. The van der Waals surface area contributed by atoms with Crippen LogP contribution in [0.3, 0.4) is 0 Å². The fourth-order valence-electron chi connectivity index (χ4n) is 4.55. The lowest BCUT2D eigenvalue weighted by atomic mass is 9.89. The molecular weight excluding hydrogens is 386 g/mol. The molecule has 0 amide bonds. The maximum absolute atomic E-state index is 4.20. The summed E-state index contributed by atoms with van der Waals surface area (Å²) in [5.41, 5.74) is 5.76. The number of hydrogen-bond acceptors (Lipinski definition) is 1. The molecule has 0 saturated carbocycles. The highest BCUT2D eigenvalue weighted by Crippen LogP contribution is 2.17. The van der Waals surface area contributed by atoms with E-state index in [1.165, 1.54) is 51.3 Å². The van der Waals surface area contributed by atoms with Gasteiger partial charge in [0.2, 0.25) is 0 Å². The Morgan fingerprint density at radius 2 is 1.60 bits per heavy atom. The summed E-state index contributed by atoms with van der Waals surface area (Å²) in [7, 11) is 0. The normalized spacial score (nSPS) is 14.7. The Bertz CT molecular complexity index is 1330. The Kier molecular flexibility index (Phi) is 6.30. The first-order chi connectivity index (χ1) is 14.4. The molecule has 0 saturated heterocycles. The van der Waals surface area contributed by atoms with Gasteiger partial charge in [0.05, 0.1) is 6.54 Å². The molecule has 1 nitrogen and oxygen atoms in total. The van der Waals surface area contributed by atoms with Crippen LogP contribution in [0.5, 0.6) is 0 Å². The van der Waals surface area contributed by atoms with Crippen LogP contribution in [0.15, 0.2) is 71.7 Å². The summed E-state index contributed by atoms with van der Waals surface area (Å²) in [6, 6.07) is 21.7. The molecule has 0 radical (unpaired) electrons. The number of nitrogens with zero attached hydrogens (tertiary/aromatic N) is 1. The van der Waals surface area contributed by atoms with Gasteiger partial charge in [-0.2, -0.15) is 0 Å². The zero-order valence-electron chi connectivity index (χ0n) is 17.1. The van der Waals surface area contributed by atoms with Crippen molar-refractivity contribution in [2.45, 2.75) is 32.2 Å². The van der Waals surface area contributed by atoms with Crippen LogP contribution in [0.4, 0.5) is 0 Å². The summed E-state index contributed by atoms with van der Waals surface area (Å²) in [5.74, 6) is 0. The van der Waals surface area contributed by atoms with E-state index in [-0.39, 0.29) is 12.4 Å². The molecule has 3 aromatic carbocycles. The van der Waals surface area contributed by atoms with Gasteiger partial charge in [0, 0.05) is 6.21 Å². The molecule has 150 valence electrons. The molecule has 0 bridgehead atoms. The van der Waals surface area contributed by atoms with Crippen LogP contribution in [0.2, 0.25) is 0 Å². The average Bonchev–Trinajstić information content (AvgIpc) is 3.05. The predicted octanol–water partition coefficient (Wildman–Crippen LogP) is 5.13. The first-order valence-electron chi connectivity index (χ1n) is 10.5. The minimum absolute atomic E-state index is 0. The largest absolute Gasteiger partial charge is 0.288 e. The zero-order chi connectivity index (χ0) is 19.5. The summed E-state index contributed by atoms with van der Waals surface area (Å²) >= 11 is 0. The Labute approximate surface area is 183 Å². The molecule has 1 aliphatic heterocycles. The highest BCUT2D eigenvalue weighted by atomic mass is 35.5. The first kappa shape index (κ1) is 20.4. The minimum atomic E-state index is 0. The number of allylic oxidation sites excluding steroid dienone is 1. The summed E-state index contributed by atoms with van der Waals surface area (Å²) in [4.78, 5) is 4.20. The molecule has 0 atom stereocenters. The summed E-state index contributed by atoms with van der Waals surface area (Å²) in [6.07, 6.45) is 15.6. The predicted molar refractivity (Wildman–Crippen MR) is 130 cm³/mol. The summed E-state index contributed by atoms with van der Waals surface area (Å²) in [5, 5.41) is 5.74. The molecule has 2 heteroatoms. The molecule has 0 aromatic heterocycles. The maximum atomic E-state index is 4.20. The van der Waals surface area contributed by atoms with Crippen molar-refractivity contribution >= 4 is 36.8 Å². The van der Waals surface area contributed by atoms with Gasteiger partial charge < -0.3 is 0 Å². The van der Waals surface area contributed by atoms with Gasteiger partial charge in [0.15, 0.2) is 0 Å². The van der Waals surface area contributed by atoms with E-state index in [1.54, 1.807) is 11.1 Å². The summed E-state index contributed by atoms with van der Waals surface area (Å²) < 4.78 is 0. The van der Waals surface area contributed by atoms with Crippen molar-refractivity contribution in [3.05, 3.63) is 110 Å². The number of hydrogen-bond donors (Lipinski definition) is 0. The van der Waals surface area contributed by atoms with Crippen molar-refractivity contribution in [1.29, 1.82) is 0 Å². The second-order valence-electron chi connectivity index (χ2n) is 7.80. The van der Waals surface area contributed by atoms with Crippen molar-refractivity contribution in [2.75, 3.05) is 0 Å². The quantitative estimate of drug-likeness (QED) is 0.486. The van der Waals surface area contributed by atoms with Gasteiger partial charge in [-0.3, -0.25) is 4.99 Å². The molecule has 2 aliphatic carbocycles. The molecule has 6 rings (SSSR count). The fraction of sp³-hybridized carbons (Fsp3) is 0.179. The molecule has 0 fully saturated rings. The monoisotopic (exact) mass is 411 g/mol. The molecule has 1 heterocycles. The Morgan fingerprint density at radius 1 is 0.733 bits per heavy atom. The number of halogens is 1. The minimum Gasteiger partial charge on any atom is -0.288 e. The van der Waals surface area contributed by atoms with Crippen LogP contribution < -0.4 is 10.4 Å². The lowest BCUT2D eigenvalue weighted by Gasteiger charge is -2.16. The highest BCUT2D eigenvalue weighted by Gasteiger charge is 2.10. The fourth-order valence-corrected chi connectivity index (χ4v) is 4.55.